The number of nitrogens with one attached hydrogen (secondary N) is 1. The number of nitrogens with zero attached hydrogens (tertiary/aromatic N) is 2. The number of piperidine rings is 1. The molecule has 0 saturated carbocycles. The van der Waals surface area contributed by atoms with Crippen LogP contribution in [0.5, 0.6) is 0 Å². The fourth-order valence-corrected chi connectivity index (χ4v) is 2.91. The zero-order chi connectivity index (χ0) is 17.4. The summed E-state index contributed by atoms with van der Waals surface area (Å²) < 4.78 is 32.5. The molecular weight excluding hydrogens is 439 g/mol. The van der Waals surface area contributed by atoms with Crippen molar-refractivity contribution in [3.63, 3.8) is 0 Å². The van der Waals surface area contributed by atoms with E-state index in [1.807, 2.05) is 13.8 Å². The average molecular weight is 467 g/mol. The van der Waals surface area contributed by atoms with E-state index in [9.17, 15) is 8.78 Å². The summed E-state index contributed by atoms with van der Waals surface area (Å²) in [6.45, 7) is 7.78. The largest absolute Gasteiger partial charge is 0.378 e. The van der Waals surface area contributed by atoms with Crippen LogP contribution in [0.2, 0.25) is 0 Å². The molecule has 0 aromatic heterocycles. The van der Waals surface area contributed by atoms with Gasteiger partial charge in [-0.15, -0.1) is 24.0 Å². The predicted molar refractivity (Wildman–Crippen MR) is 108 cm³/mol. The number of benzene rings is 1. The lowest BCUT2D eigenvalue weighted by Crippen LogP contribution is -2.47. The number of hydrogen-bond acceptors (Lipinski definition) is 2. The maximum Gasteiger partial charge on any atom is 0.193 e. The molecular formula is C18H28F2IN3O. The van der Waals surface area contributed by atoms with Crippen LogP contribution in [0.15, 0.2) is 23.2 Å². The predicted octanol–water partition coefficient (Wildman–Crippen LogP) is 3.59. The van der Waals surface area contributed by atoms with Crippen molar-refractivity contribution < 1.29 is 13.5 Å². The third kappa shape index (κ3) is 7.05. The number of likely N-dealkylation sites (tertiary alicyclic amines) is 1. The molecule has 1 N–H and O–H groups in total. The van der Waals surface area contributed by atoms with Crippen molar-refractivity contribution in [1.82, 2.24) is 10.2 Å². The lowest BCUT2D eigenvalue weighted by atomic mass is 10.1. The van der Waals surface area contributed by atoms with E-state index in [1.165, 1.54) is 6.07 Å². The molecule has 0 unspecified atom stereocenters. The zero-order valence-corrected chi connectivity index (χ0v) is 17.3. The summed E-state index contributed by atoms with van der Waals surface area (Å²) >= 11 is 0. The van der Waals surface area contributed by atoms with Gasteiger partial charge in [0.1, 0.15) is 11.6 Å². The molecule has 0 spiro atoms. The van der Waals surface area contributed by atoms with E-state index in [0.29, 0.717) is 24.6 Å². The van der Waals surface area contributed by atoms with E-state index in [0.717, 1.165) is 57.2 Å². The van der Waals surface area contributed by atoms with Gasteiger partial charge in [-0.2, -0.15) is 0 Å². The van der Waals surface area contributed by atoms with E-state index < -0.39 is 5.82 Å². The molecule has 1 aliphatic heterocycles. The van der Waals surface area contributed by atoms with E-state index in [-0.39, 0.29) is 29.8 Å². The van der Waals surface area contributed by atoms with Crippen LogP contribution >= 0.6 is 24.0 Å². The first-order valence-electron chi connectivity index (χ1n) is 8.72. The molecule has 0 aliphatic carbocycles. The van der Waals surface area contributed by atoms with E-state index in [4.69, 9.17) is 4.74 Å². The first-order chi connectivity index (χ1) is 11.6. The molecule has 0 amide bonds. The van der Waals surface area contributed by atoms with Crippen LogP contribution in [0, 0.1) is 11.6 Å². The molecule has 0 radical (unpaired) electrons. The highest BCUT2D eigenvalue weighted by Gasteiger charge is 2.21. The lowest BCUT2D eigenvalue weighted by molar-refractivity contribution is 0.0264. The monoisotopic (exact) mass is 467 g/mol. The third-order valence-corrected chi connectivity index (χ3v) is 4.13. The number of guanidine groups is 1. The maximum atomic E-state index is 13.7. The number of rotatable bonds is 6. The van der Waals surface area contributed by atoms with Gasteiger partial charge in [0, 0.05) is 32.8 Å². The number of aliphatic imine (C=N–C) groups is 1. The van der Waals surface area contributed by atoms with Gasteiger partial charge in [0.15, 0.2) is 5.96 Å². The first-order valence-corrected chi connectivity index (χ1v) is 8.72. The summed E-state index contributed by atoms with van der Waals surface area (Å²) in [4.78, 5) is 6.79. The van der Waals surface area contributed by atoms with Crippen molar-refractivity contribution >= 4 is 29.9 Å². The Labute approximate surface area is 166 Å². The minimum atomic E-state index is -0.416. The van der Waals surface area contributed by atoms with Crippen LogP contribution in [0.25, 0.3) is 0 Å². The molecule has 0 bridgehead atoms. The summed E-state index contributed by atoms with van der Waals surface area (Å²) in [5, 5.41) is 3.28. The quantitative estimate of drug-likeness (QED) is 0.395. The summed E-state index contributed by atoms with van der Waals surface area (Å²) in [7, 11) is 0. The number of ether oxygens (including phenoxy) is 1. The second-order valence-electron chi connectivity index (χ2n) is 5.86. The van der Waals surface area contributed by atoms with Crippen LogP contribution in [-0.4, -0.2) is 49.7 Å². The molecule has 1 aliphatic rings. The van der Waals surface area contributed by atoms with Crippen LogP contribution in [0.1, 0.15) is 32.3 Å². The maximum absolute atomic E-state index is 13.7. The third-order valence-electron chi connectivity index (χ3n) is 4.13. The Morgan fingerprint density at radius 3 is 2.64 bits per heavy atom. The normalized spacial score (nSPS) is 15.8. The van der Waals surface area contributed by atoms with Gasteiger partial charge in [-0.1, -0.05) is 0 Å². The Balaban J connectivity index is 0.00000312. The standard InChI is InChI=1S/C18H27F2N3O.HI/c1-3-21-18(23-11-8-16(9-12-23)24-4-2)22-10-7-14-13-15(19)5-6-17(14)20;/h5-6,13,16H,3-4,7-12H2,1-2H3,(H,21,22);1H. The Morgan fingerprint density at radius 2 is 2.00 bits per heavy atom. The van der Waals surface area contributed by atoms with Crippen LogP contribution in [-0.2, 0) is 11.2 Å². The second-order valence-corrected chi connectivity index (χ2v) is 5.86. The van der Waals surface area contributed by atoms with Gasteiger partial charge < -0.3 is 15.0 Å². The SMILES string of the molecule is CCNC(=NCCc1cc(F)ccc1F)N1CCC(OCC)CC1.I. The van der Waals surface area contributed by atoms with Gasteiger partial charge >= 0.3 is 0 Å². The Hall–Kier alpha value is -0.960. The van der Waals surface area contributed by atoms with Crippen molar-refractivity contribution in [3.8, 4) is 0 Å². The van der Waals surface area contributed by atoms with E-state index >= 15 is 0 Å². The molecule has 7 heteroatoms. The zero-order valence-electron chi connectivity index (χ0n) is 14.9. The minimum Gasteiger partial charge on any atom is -0.378 e. The van der Waals surface area contributed by atoms with Gasteiger partial charge in [-0.3, -0.25) is 4.99 Å². The molecule has 1 aromatic rings. The van der Waals surface area contributed by atoms with Gasteiger partial charge in [0.05, 0.1) is 6.10 Å². The van der Waals surface area contributed by atoms with Crippen molar-refractivity contribution in [1.29, 1.82) is 0 Å². The Bertz CT molecular complexity index is 549. The fraction of sp³-hybridized carbons (Fsp3) is 0.611. The van der Waals surface area contributed by atoms with Gasteiger partial charge in [-0.25, -0.2) is 8.78 Å². The van der Waals surface area contributed by atoms with Crippen molar-refractivity contribution in [2.24, 2.45) is 4.99 Å². The lowest BCUT2D eigenvalue weighted by Gasteiger charge is -2.34. The van der Waals surface area contributed by atoms with Gasteiger partial charge in [-0.05, 0) is 56.9 Å². The summed E-state index contributed by atoms with van der Waals surface area (Å²) in [5.74, 6) is 0.0404. The topological polar surface area (TPSA) is 36.9 Å². The minimum absolute atomic E-state index is 0. The molecule has 0 atom stereocenters. The fourth-order valence-electron chi connectivity index (χ4n) is 2.91. The highest BCUT2D eigenvalue weighted by molar-refractivity contribution is 14.0. The molecule has 142 valence electrons. The molecule has 1 heterocycles. The summed E-state index contributed by atoms with van der Waals surface area (Å²) in [5.41, 5.74) is 0.365. The van der Waals surface area contributed by atoms with Crippen LogP contribution in [0.3, 0.4) is 0 Å². The molecule has 1 fully saturated rings. The molecule has 2 rings (SSSR count). The molecule has 1 saturated heterocycles. The number of halogens is 3. The van der Waals surface area contributed by atoms with Gasteiger partial charge in [0.25, 0.3) is 0 Å². The van der Waals surface area contributed by atoms with E-state index in [2.05, 4.69) is 15.2 Å². The van der Waals surface area contributed by atoms with Gasteiger partial charge in [0.2, 0.25) is 0 Å². The Kier molecular flexibility index (Phi) is 10.3. The molecule has 1 aromatic carbocycles. The van der Waals surface area contributed by atoms with Crippen molar-refractivity contribution in [2.45, 2.75) is 39.2 Å². The summed E-state index contributed by atoms with van der Waals surface area (Å²) in [6.07, 6.45) is 2.68. The highest BCUT2D eigenvalue weighted by atomic mass is 127. The highest BCUT2D eigenvalue weighted by Crippen LogP contribution is 2.14. The van der Waals surface area contributed by atoms with Crippen molar-refractivity contribution in [2.75, 3.05) is 32.8 Å². The van der Waals surface area contributed by atoms with Crippen molar-refractivity contribution in [3.05, 3.63) is 35.4 Å². The second kappa shape index (κ2) is 11.6. The number of hydrogen-bond donors (Lipinski definition) is 1. The van der Waals surface area contributed by atoms with E-state index in [1.54, 1.807) is 0 Å². The van der Waals surface area contributed by atoms with Crippen LogP contribution in [0.4, 0.5) is 8.78 Å². The average Bonchev–Trinajstić information content (AvgIpc) is 2.58. The molecule has 25 heavy (non-hydrogen) atoms. The summed E-state index contributed by atoms with van der Waals surface area (Å²) in [6, 6.07) is 3.54. The first kappa shape index (κ1) is 22.1. The smallest absolute Gasteiger partial charge is 0.193 e. The molecule has 4 nitrogen and oxygen atoms in total. The van der Waals surface area contributed by atoms with Crippen LogP contribution < -0.4 is 5.32 Å². The Morgan fingerprint density at radius 1 is 1.28 bits per heavy atom.